The second kappa shape index (κ2) is 6.60. The fourth-order valence-corrected chi connectivity index (χ4v) is 3.32. The van der Waals surface area contributed by atoms with Crippen LogP contribution in [0.4, 0.5) is 0 Å². The van der Waals surface area contributed by atoms with Gasteiger partial charge in [0.2, 0.25) is 11.8 Å². The molecule has 8 nitrogen and oxygen atoms in total. The van der Waals surface area contributed by atoms with Gasteiger partial charge in [0.15, 0.2) is 11.6 Å². The molecule has 2 fully saturated rings. The molecule has 4 rings (SSSR count). The minimum absolute atomic E-state index is 0.475. The molecular formula is C16H24N6O2. The lowest BCUT2D eigenvalue weighted by molar-refractivity contribution is 0.0972. The van der Waals surface area contributed by atoms with E-state index in [-0.39, 0.29) is 0 Å². The van der Waals surface area contributed by atoms with E-state index in [0.717, 1.165) is 37.2 Å². The first-order valence-electron chi connectivity index (χ1n) is 8.71. The Balaban J connectivity index is 1.32. The zero-order valence-electron chi connectivity index (χ0n) is 14.3. The van der Waals surface area contributed by atoms with Gasteiger partial charge in [-0.25, -0.2) is 0 Å². The molecule has 1 atom stereocenters. The Morgan fingerprint density at radius 1 is 1.17 bits per heavy atom. The highest BCUT2D eigenvalue weighted by atomic mass is 16.5. The van der Waals surface area contributed by atoms with Crippen molar-refractivity contribution in [2.24, 2.45) is 0 Å². The van der Waals surface area contributed by atoms with E-state index < -0.39 is 0 Å². The Hall–Kier alpha value is -1.80. The molecule has 2 aromatic heterocycles. The number of hydrogen-bond acceptors (Lipinski definition) is 8. The maximum Gasteiger partial charge on any atom is 0.240 e. The molecule has 2 aromatic rings. The summed E-state index contributed by atoms with van der Waals surface area (Å²) in [5.74, 6) is 3.54. The van der Waals surface area contributed by atoms with Crippen LogP contribution in [-0.2, 0) is 13.1 Å². The number of aromatic nitrogens is 4. The van der Waals surface area contributed by atoms with Crippen molar-refractivity contribution < 1.29 is 9.05 Å². The van der Waals surface area contributed by atoms with E-state index in [1.54, 1.807) is 0 Å². The fraction of sp³-hybridized carbons (Fsp3) is 0.750. The third kappa shape index (κ3) is 3.64. The Kier molecular flexibility index (Phi) is 4.32. The van der Waals surface area contributed by atoms with Crippen LogP contribution >= 0.6 is 0 Å². The molecule has 0 spiro atoms. The summed E-state index contributed by atoms with van der Waals surface area (Å²) in [5, 5.41) is 8.10. The van der Waals surface area contributed by atoms with Crippen LogP contribution in [0.25, 0.3) is 0 Å². The van der Waals surface area contributed by atoms with Gasteiger partial charge in [-0.15, -0.1) is 0 Å². The van der Waals surface area contributed by atoms with Crippen molar-refractivity contribution in [2.75, 3.05) is 20.1 Å². The normalized spacial score (nSPS) is 22.4. The molecule has 1 saturated heterocycles. The number of piperidine rings is 1. The van der Waals surface area contributed by atoms with Crippen molar-refractivity contribution in [3.63, 3.8) is 0 Å². The standard InChI is InChI=1S/C16H24N6O2/c1-11-17-14(19-23-11)9-22-7-3-4-13(8-22)21(2)10-15-18-16(20-24-15)12-5-6-12/h12-13H,3-10H2,1-2H3/t13-/m1/s1. The molecule has 1 saturated carbocycles. The Morgan fingerprint density at radius 2 is 2.04 bits per heavy atom. The second-order valence-electron chi connectivity index (χ2n) is 7.00. The SMILES string of the molecule is Cc1nc(CN2CCC[C@@H](N(C)Cc3nc(C4CC4)no3)C2)no1. The molecule has 0 amide bonds. The summed E-state index contributed by atoms with van der Waals surface area (Å²) < 4.78 is 10.5. The van der Waals surface area contributed by atoms with E-state index in [4.69, 9.17) is 9.05 Å². The smallest absolute Gasteiger partial charge is 0.240 e. The molecule has 0 unspecified atom stereocenters. The Labute approximate surface area is 141 Å². The topological polar surface area (TPSA) is 84.3 Å². The molecule has 0 N–H and O–H groups in total. The van der Waals surface area contributed by atoms with Gasteiger partial charge >= 0.3 is 0 Å². The van der Waals surface area contributed by atoms with Gasteiger partial charge in [-0.1, -0.05) is 10.3 Å². The van der Waals surface area contributed by atoms with E-state index in [0.29, 0.717) is 24.4 Å². The lowest BCUT2D eigenvalue weighted by Gasteiger charge is -2.36. The number of likely N-dealkylation sites (tertiary alicyclic amines) is 1. The van der Waals surface area contributed by atoms with E-state index in [2.05, 4.69) is 37.1 Å². The van der Waals surface area contributed by atoms with Crippen LogP contribution in [0.15, 0.2) is 9.05 Å². The molecule has 8 heteroatoms. The highest BCUT2D eigenvalue weighted by molar-refractivity contribution is 5.03. The second-order valence-corrected chi connectivity index (χ2v) is 7.00. The van der Waals surface area contributed by atoms with E-state index in [9.17, 15) is 0 Å². The van der Waals surface area contributed by atoms with Gasteiger partial charge in [-0.2, -0.15) is 9.97 Å². The Bertz CT molecular complexity index is 680. The predicted molar refractivity (Wildman–Crippen MR) is 85.1 cm³/mol. The number of nitrogens with zero attached hydrogens (tertiary/aromatic N) is 6. The van der Waals surface area contributed by atoms with E-state index >= 15 is 0 Å². The summed E-state index contributed by atoms with van der Waals surface area (Å²) in [4.78, 5) is 13.5. The molecule has 0 aromatic carbocycles. The first kappa shape index (κ1) is 15.7. The van der Waals surface area contributed by atoms with Crippen molar-refractivity contribution in [3.05, 3.63) is 23.4 Å². The van der Waals surface area contributed by atoms with Gasteiger partial charge < -0.3 is 9.05 Å². The number of hydrogen-bond donors (Lipinski definition) is 0. The zero-order chi connectivity index (χ0) is 16.5. The van der Waals surface area contributed by atoms with Gasteiger partial charge in [0, 0.05) is 25.4 Å². The average Bonchev–Trinajstić information content (AvgIpc) is 3.19. The first-order valence-corrected chi connectivity index (χ1v) is 8.71. The molecule has 130 valence electrons. The van der Waals surface area contributed by atoms with E-state index in [1.165, 1.54) is 25.7 Å². The fourth-order valence-electron chi connectivity index (χ4n) is 3.32. The number of aryl methyl sites for hydroxylation is 1. The van der Waals surface area contributed by atoms with Gasteiger partial charge in [0.1, 0.15) is 0 Å². The molecule has 0 radical (unpaired) electrons. The van der Waals surface area contributed by atoms with Gasteiger partial charge in [-0.05, 0) is 39.3 Å². The molecule has 2 aliphatic rings. The average molecular weight is 332 g/mol. The molecule has 3 heterocycles. The van der Waals surface area contributed by atoms with Crippen molar-refractivity contribution in [2.45, 2.75) is 57.7 Å². The summed E-state index contributed by atoms with van der Waals surface area (Å²) in [5.41, 5.74) is 0. The first-order chi connectivity index (χ1) is 11.7. The van der Waals surface area contributed by atoms with E-state index in [1.807, 2.05) is 6.92 Å². The van der Waals surface area contributed by atoms with Crippen LogP contribution in [0.1, 0.15) is 55.0 Å². The van der Waals surface area contributed by atoms with Crippen molar-refractivity contribution in [1.29, 1.82) is 0 Å². The number of likely N-dealkylation sites (N-methyl/N-ethyl adjacent to an activating group) is 1. The summed E-state index contributed by atoms with van der Waals surface area (Å²) in [7, 11) is 2.13. The van der Waals surface area contributed by atoms with Crippen molar-refractivity contribution in [1.82, 2.24) is 30.1 Å². The monoisotopic (exact) mass is 332 g/mol. The quantitative estimate of drug-likeness (QED) is 0.791. The Morgan fingerprint density at radius 3 is 2.79 bits per heavy atom. The lowest BCUT2D eigenvalue weighted by atomic mass is 10.0. The summed E-state index contributed by atoms with van der Waals surface area (Å²) in [6.07, 6.45) is 4.74. The van der Waals surface area contributed by atoms with Crippen molar-refractivity contribution in [3.8, 4) is 0 Å². The van der Waals surface area contributed by atoms with Crippen LogP contribution < -0.4 is 0 Å². The lowest BCUT2D eigenvalue weighted by Crippen LogP contribution is -2.45. The third-order valence-electron chi connectivity index (χ3n) is 4.85. The van der Waals surface area contributed by atoms with Gasteiger partial charge in [-0.3, -0.25) is 9.80 Å². The predicted octanol–water partition coefficient (Wildman–Crippen LogP) is 1.73. The third-order valence-corrected chi connectivity index (χ3v) is 4.85. The number of rotatable bonds is 6. The molecule has 24 heavy (non-hydrogen) atoms. The molecular weight excluding hydrogens is 308 g/mol. The highest BCUT2D eigenvalue weighted by Crippen LogP contribution is 2.38. The van der Waals surface area contributed by atoms with Crippen LogP contribution in [0.5, 0.6) is 0 Å². The highest BCUT2D eigenvalue weighted by Gasteiger charge is 2.30. The summed E-state index contributed by atoms with van der Waals surface area (Å²) in [6, 6.07) is 0.475. The van der Waals surface area contributed by atoms with Crippen LogP contribution in [0, 0.1) is 6.92 Å². The summed E-state index contributed by atoms with van der Waals surface area (Å²) >= 11 is 0. The van der Waals surface area contributed by atoms with Gasteiger partial charge in [0.25, 0.3) is 0 Å². The van der Waals surface area contributed by atoms with Crippen LogP contribution in [0.3, 0.4) is 0 Å². The van der Waals surface area contributed by atoms with Crippen molar-refractivity contribution >= 4 is 0 Å². The molecule has 1 aliphatic carbocycles. The maximum absolute atomic E-state index is 5.40. The zero-order valence-corrected chi connectivity index (χ0v) is 14.3. The summed E-state index contributed by atoms with van der Waals surface area (Å²) in [6.45, 7) is 5.34. The van der Waals surface area contributed by atoms with Crippen LogP contribution in [-0.4, -0.2) is 56.3 Å². The minimum Gasteiger partial charge on any atom is -0.340 e. The molecule has 0 bridgehead atoms. The largest absolute Gasteiger partial charge is 0.340 e. The molecule has 1 aliphatic heterocycles. The minimum atomic E-state index is 0.475. The van der Waals surface area contributed by atoms with Gasteiger partial charge in [0.05, 0.1) is 13.1 Å². The van der Waals surface area contributed by atoms with Crippen LogP contribution in [0.2, 0.25) is 0 Å². The maximum atomic E-state index is 5.40.